The Kier molecular flexibility index (Phi) is 8.03. The van der Waals surface area contributed by atoms with Crippen LogP contribution in [0.5, 0.6) is 5.75 Å². The Morgan fingerprint density at radius 3 is 2.95 bits per heavy atom. The van der Waals surface area contributed by atoms with Crippen LogP contribution in [0, 0.1) is 0 Å². The monoisotopic (exact) mass is 508 g/mol. The lowest BCUT2D eigenvalue weighted by Crippen LogP contribution is -2.34. The number of pyridine rings is 2. The normalized spacial score (nSPS) is 19.4. The van der Waals surface area contributed by atoms with Gasteiger partial charge in [-0.05, 0) is 63.0 Å². The van der Waals surface area contributed by atoms with Gasteiger partial charge in [0.2, 0.25) is 0 Å². The molecule has 7 nitrogen and oxygen atoms in total. The Bertz CT molecular complexity index is 1130. The summed E-state index contributed by atoms with van der Waals surface area (Å²) >= 11 is 0. The Morgan fingerprint density at radius 2 is 2.19 bits per heavy atom. The highest BCUT2D eigenvalue weighted by atomic mass is 19.1. The molecule has 0 amide bonds. The molecule has 8 heteroatoms. The Hall–Kier alpha value is -3.00. The van der Waals surface area contributed by atoms with E-state index in [0.717, 1.165) is 92.0 Å². The summed E-state index contributed by atoms with van der Waals surface area (Å²) in [6.45, 7) is 1.71. The largest absolute Gasteiger partial charge is 0.496 e. The molecule has 2 aromatic rings. The minimum Gasteiger partial charge on any atom is -0.496 e. The zero-order valence-corrected chi connectivity index (χ0v) is 21.6. The van der Waals surface area contributed by atoms with Gasteiger partial charge in [0.05, 0.1) is 7.11 Å². The van der Waals surface area contributed by atoms with Gasteiger partial charge < -0.3 is 15.2 Å². The summed E-state index contributed by atoms with van der Waals surface area (Å²) in [7, 11) is 1.69. The minimum atomic E-state index is -1.06. The number of nitrogens with zero attached hydrogens (tertiary/aromatic N) is 3. The van der Waals surface area contributed by atoms with Gasteiger partial charge >= 0.3 is 5.97 Å². The van der Waals surface area contributed by atoms with Crippen molar-refractivity contribution in [2.75, 3.05) is 32.1 Å². The number of hydrogen-bond donors (Lipinski definition) is 2. The molecule has 3 aliphatic rings. The van der Waals surface area contributed by atoms with Crippen LogP contribution in [0.25, 0.3) is 0 Å². The van der Waals surface area contributed by atoms with E-state index in [0.29, 0.717) is 31.0 Å². The fourth-order valence-corrected chi connectivity index (χ4v) is 5.78. The lowest BCUT2D eigenvalue weighted by molar-refractivity contribution is -0.143. The third-order valence-electron chi connectivity index (χ3n) is 8.03. The van der Waals surface area contributed by atoms with E-state index in [2.05, 4.69) is 10.3 Å². The lowest BCUT2D eigenvalue weighted by Gasteiger charge is -2.31. The number of ether oxygens (including phenoxy) is 1. The molecule has 2 aliphatic heterocycles. The van der Waals surface area contributed by atoms with Crippen molar-refractivity contribution in [3.8, 4) is 5.75 Å². The van der Waals surface area contributed by atoms with Crippen LogP contribution in [-0.2, 0) is 17.6 Å². The van der Waals surface area contributed by atoms with E-state index in [1.165, 1.54) is 0 Å². The molecule has 1 saturated carbocycles. The average Bonchev–Trinajstić information content (AvgIpc) is 3.35. The van der Waals surface area contributed by atoms with Crippen molar-refractivity contribution in [1.82, 2.24) is 14.9 Å². The molecule has 0 aromatic carbocycles. The molecule has 198 valence electrons. The van der Waals surface area contributed by atoms with Crippen molar-refractivity contribution < 1.29 is 19.0 Å². The first-order chi connectivity index (χ1) is 18.0. The molecule has 2 N–H and O–H groups in total. The molecule has 0 saturated heterocycles. The highest BCUT2D eigenvalue weighted by Gasteiger charge is 2.36. The van der Waals surface area contributed by atoms with Gasteiger partial charge in [0.1, 0.15) is 23.8 Å². The summed E-state index contributed by atoms with van der Waals surface area (Å²) in [6.07, 6.45) is 10.6. The molecule has 0 bridgehead atoms. The van der Waals surface area contributed by atoms with Gasteiger partial charge in [-0.15, -0.1) is 0 Å². The number of carbonyl (C=O) groups is 1. The van der Waals surface area contributed by atoms with Crippen LogP contribution in [0.3, 0.4) is 0 Å². The number of anilines is 1. The Balaban J connectivity index is 1.15. The molecule has 1 aliphatic carbocycles. The second-order valence-electron chi connectivity index (χ2n) is 10.4. The number of nitrogens with one attached hydrogen (secondary N) is 1. The molecule has 1 fully saturated rings. The molecule has 5 rings (SSSR count). The van der Waals surface area contributed by atoms with Gasteiger partial charge in [-0.25, -0.2) is 9.37 Å². The summed E-state index contributed by atoms with van der Waals surface area (Å²) in [5.41, 5.74) is 4.46. The number of carboxylic acid groups (broad SMARTS) is 1. The Labute approximate surface area is 218 Å². The van der Waals surface area contributed by atoms with Crippen LogP contribution in [0.1, 0.15) is 79.4 Å². The number of fused-ring (bicyclic) bond motifs is 1. The number of aryl methyl sites for hydroxylation is 1. The Morgan fingerprint density at radius 1 is 1.32 bits per heavy atom. The molecule has 0 unspecified atom stereocenters. The molecule has 2 aromatic heterocycles. The molecule has 0 spiro atoms. The summed E-state index contributed by atoms with van der Waals surface area (Å²) in [6, 6.07) is 4.89. The summed E-state index contributed by atoms with van der Waals surface area (Å²) in [5.74, 6) is 1.24. The third-order valence-corrected chi connectivity index (χ3v) is 8.03. The van der Waals surface area contributed by atoms with Crippen molar-refractivity contribution in [2.45, 2.75) is 75.9 Å². The summed E-state index contributed by atoms with van der Waals surface area (Å²) in [5, 5.41) is 13.5. The van der Waals surface area contributed by atoms with Crippen LogP contribution in [0.15, 0.2) is 36.0 Å². The number of carboxylic acids is 1. The number of unbranched alkanes of at least 4 members (excludes halogenated alkanes) is 1. The minimum absolute atomic E-state index is 0.336. The first kappa shape index (κ1) is 25.6. The van der Waals surface area contributed by atoms with Gasteiger partial charge in [0.25, 0.3) is 0 Å². The van der Waals surface area contributed by atoms with E-state index in [9.17, 15) is 9.90 Å². The van der Waals surface area contributed by atoms with Crippen molar-refractivity contribution in [3.63, 3.8) is 0 Å². The van der Waals surface area contributed by atoms with Crippen LogP contribution in [0.4, 0.5) is 10.2 Å². The van der Waals surface area contributed by atoms with E-state index in [1.54, 1.807) is 19.4 Å². The maximum absolute atomic E-state index is 15.2. The van der Waals surface area contributed by atoms with E-state index in [-0.39, 0.29) is 0 Å². The molecule has 2 atom stereocenters. The molecule has 37 heavy (non-hydrogen) atoms. The quantitative estimate of drug-likeness (QED) is 0.317. The van der Waals surface area contributed by atoms with Crippen LogP contribution in [-0.4, -0.2) is 58.9 Å². The van der Waals surface area contributed by atoms with E-state index >= 15 is 4.39 Å². The van der Waals surface area contributed by atoms with E-state index in [1.807, 2.05) is 23.1 Å². The summed E-state index contributed by atoms with van der Waals surface area (Å²) in [4.78, 5) is 23.5. The first-order valence-corrected chi connectivity index (χ1v) is 13.6. The van der Waals surface area contributed by atoms with E-state index < -0.39 is 18.2 Å². The predicted octanol–water partition coefficient (Wildman–Crippen LogP) is 5.23. The second kappa shape index (κ2) is 11.6. The van der Waals surface area contributed by atoms with Crippen LogP contribution < -0.4 is 10.1 Å². The van der Waals surface area contributed by atoms with Gasteiger partial charge in [-0.1, -0.05) is 18.6 Å². The molecule has 0 radical (unpaired) electrons. The standard InChI is InChI=1S/C29H37FN4O3/c1-37-25-17-21(33-28-22(25)10-5-15-32-28)9-2-3-12-24(30)20-13-16-34(18-20)27(29(35)36)23-11-6-14-31-26(23)19-7-4-8-19/h6,11,13-14,17,19,24,27H,2-5,7-10,12,15-16,18H2,1H3,(H,32,33)(H,35,36)/t24-,27-/m1/s1. The topological polar surface area (TPSA) is 87.6 Å². The molecular formula is C29H37FN4O3. The van der Waals surface area contributed by atoms with Crippen molar-refractivity contribution in [2.24, 2.45) is 0 Å². The SMILES string of the molecule is COc1cc(CCCC[C@@H](F)C2=CCN([C@@H](C(=O)O)c3cccnc3C3CCC3)C2)nc2c1CCCN2. The van der Waals surface area contributed by atoms with Crippen LogP contribution in [0.2, 0.25) is 0 Å². The number of alkyl halides is 1. The number of aromatic nitrogens is 2. The van der Waals surface area contributed by atoms with Crippen molar-refractivity contribution >= 4 is 11.8 Å². The highest BCUT2D eigenvalue weighted by molar-refractivity contribution is 5.76. The zero-order chi connectivity index (χ0) is 25.8. The lowest BCUT2D eigenvalue weighted by atomic mass is 9.80. The number of halogens is 1. The highest BCUT2D eigenvalue weighted by Crippen LogP contribution is 2.40. The number of rotatable bonds is 11. The molecule has 4 heterocycles. The number of aliphatic carboxylic acids is 1. The maximum atomic E-state index is 15.2. The summed E-state index contributed by atoms with van der Waals surface area (Å²) < 4.78 is 20.8. The van der Waals surface area contributed by atoms with Crippen molar-refractivity contribution in [3.05, 3.63) is 58.6 Å². The second-order valence-corrected chi connectivity index (χ2v) is 10.4. The number of methoxy groups -OCH3 is 1. The number of hydrogen-bond acceptors (Lipinski definition) is 6. The van der Waals surface area contributed by atoms with E-state index in [4.69, 9.17) is 9.72 Å². The van der Waals surface area contributed by atoms with Gasteiger partial charge in [-0.2, -0.15) is 0 Å². The fraction of sp³-hybridized carbons (Fsp3) is 0.552. The predicted molar refractivity (Wildman–Crippen MR) is 141 cm³/mol. The zero-order valence-electron chi connectivity index (χ0n) is 21.6. The fourth-order valence-electron chi connectivity index (χ4n) is 5.78. The first-order valence-electron chi connectivity index (χ1n) is 13.6. The average molecular weight is 509 g/mol. The maximum Gasteiger partial charge on any atom is 0.325 e. The van der Waals surface area contributed by atoms with Gasteiger partial charge in [-0.3, -0.25) is 14.7 Å². The van der Waals surface area contributed by atoms with Crippen LogP contribution >= 0.6 is 0 Å². The third kappa shape index (κ3) is 5.64. The molecular weight excluding hydrogens is 471 g/mol. The smallest absolute Gasteiger partial charge is 0.325 e. The van der Waals surface area contributed by atoms with Crippen molar-refractivity contribution in [1.29, 1.82) is 0 Å². The van der Waals surface area contributed by atoms with Gasteiger partial charge in [0, 0.05) is 60.3 Å². The van der Waals surface area contributed by atoms with Gasteiger partial charge in [0.15, 0.2) is 0 Å².